The Morgan fingerprint density at radius 2 is 1.80 bits per heavy atom. The molecule has 1 aliphatic heterocycles. The zero-order chi connectivity index (χ0) is 21.0. The van der Waals surface area contributed by atoms with Crippen LogP contribution in [-0.2, 0) is 34.3 Å². The average Bonchev–Trinajstić information content (AvgIpc) is 3.30. The fourth-order valence-electron chi connectivity index (χ4n) is 3.38. The number of hydrogen-bond acceptors (Lipinski definition) is 4. The molecule has 30 heavy (non-hydrogen) atoms. The van der Waals surface area contributed by atoms with Gasteiger partial charge >= 0.3 is 0 Å². The maximum atomic E-state index is 12.5. The van der Waals surface area contributed by atoms with Crippen LogP contribution in [0.3, 0.4) is 0 Å². The maximum Gasteiger partial charge on any atom is 0.246 e. The number of sulfonamides is 1. The standard InChI is InChI=1S/C23H22N2O4S/c26-23(25-14-13-19-4-1-2-5-20(19)17-25)12-9-18-7-10-22(11-8-18)30(27,28)24-16-21-6-3-15-29-21/h1-12,15,24H,13-14,16-17H2/b12-9+. The number of fused-ring (bicyclic) bond motifs is 1. The van der Waals surface area contributed by atoms with Crippen molar-refractivity contribution in [1.29, 1.82) is 0 Å². The first-order valence-corrected chi connectivity index (χ1v) is 11.2. The van der Waals surface area contributed by atoms with Gasteiger partial charge in [-0.2, -0.15) is 0 Å². The Kier molecular flexibility index (Phi) is 5.83. The summed E-state index contributed by atoms with van der Waals surface area (Å²) >= 11 is 0. The highest BCUT2D eigenvalue weighted by atomic mass is 32.2. The summed E-state index contributed by atoms with van der Waals surface area (Å²) in [4.78, 5) is 14.5. The Labute approximate surface area is 175 Å². The molecule has 3 aromatic rings. The van der Waals surface area contributed by atoms with E-state index in [0.29, 0.717) is 18.8 Å². The van der Waals surface area contributed by atoms with Crippen LogP contribution in [0, 0.1) is 0 Å². The summed E-state index contributed by atoms with van der Waals surface area (Å²) in [7, 11) is -3.64. The minimum Gasteiger partial charge on any atom is -0.468 e. The first-order valence-electron chi connectivity index (χ1n) is 9.67. The molecule has 1 amide bonds. The molecule has 1 N–H and O–H groups in total. The maximum absolute atomic E-state index is 12.5. The number of nitrogens with one attached hydrogen (secondary N) is 1. The van der Waals surface area contributed by atoms with Gasteiger partial charge in [0.1, 0.15) is 5.76 Å². The highest BCUT2D eigenvalue weighted by Crippen LogP contribution is 2.19. The van der Waals surface area contributed by atoms with E-state index in [2.05, 4.69) is 16.9 Å². The molecule has 0 saturated heterocycles. The minimum atomic E-state index is -3.64. The second kappa shape index (κ2) is 8.69. The molecule has 2 aromatic carbocycles. The Hall–Kier alpha value is -3.16. The quantitative estimate of drug-likeness (QED) is 0.618. The molecule has 7 heteroatoms. The summed E-state index contributed by atoms with van der Waals surface area (Å²) in [6.07, 6.45) is 5.59. The monoisotopic (exact) mass is 422 g/mol. The van der Waals surface area contributed by atoms with Crippen LogP contribution in [0.1, 0.15) is 22.5 Å². The summed E-state index contributed by atoms with van der Waals surface area (Å²) in [6.45, 7) is 1.39. The number of hydrogen-bond donors (Lipinski definition) is 1. The fourth-order valence-corrected chi connectivity index (χ4v) is 4.37. The van der Waals surface area contributed by atoms with Crippen molar-refractivity contribution in [2.75, 3.05) is 6.54 Å². The molecule has 0 fully saturated rings. The summed E-state index contributed by atoms with van der Waals surface area (Å²) in [5.41, 5.74) is 3.23. The normalized spacial score (nSPS) is 14.1. The lowest BCUT2D eigenvalue weighted by molar-refractivity contribution is -0.126. The van der Waals surface area contributed by atoms with Crippen molar-refractivity contribution in [2.24, 2.45) is 0 Å². The molecule has 0 spiro atoms. The van der Waals surface area contributed by atoms with Crippen LogP contribution < -0.4 is 4.72 Å². The van der Waals surface area contributed by atoms with Gasteiger partial charge in [-0.25, -0.2) is 13.1 Å². The molecule has 0 radical (unpaired) electrons. The van der Waals surface area contributed by atoms with Gasteiger partial charge in [-0.3, -0.25) is 4.79 Å². The lowest BCUT2D eigenvalue weighted by Gasteiger charge is -2.27. The predicted molar refractivity (Wildman–Crippen MR) is 114 cm³/mol. The zero-order valence-corrected chi connectivity index (χ0v) is 17.1. The molecule has 1 aromatic heterocycles. The lowest BCUT2D eigenvalue weighted by Crippen LogP contribution is -2.34. The summed E-state index contributed by atoms with van der Waals surface area (Å²) in [5.74, 6) is 0.485. The molecule has 1 aliphatic rings. The Morgan fingerprint density at radius 1 is 1.03 bits per heavy atom. The summed E-state index contributed by atoms with van der Waals surface area (Å²) in [6, 6.07) is 18.0. The second-order valence-corrected chi connectivity index (χ2v) is 8.85. The molecular formula is C23H22N2O4S. The highest BCUT2D eigenvalue weighted by Gasteiger charge is 2.18. The van der Waals surface area contributed by atoms with Gasteiger partial charge in [-0.1, -0.05) is 36.4 Å². The van der Waals surface area contributed by atoms with E-state index < -0.39 is 10.0 Å². The third-order valence-corrected chi connectivity index (χ3v) is 6.48. The topological polar surface area (TPSA) is 79.6 Å². The second-order valence-electron chi connectivity index (χ2n) is 7.08. The van der Waals surface area contributed by atoms with Crippen LogP contribution >= 0.6 is 0 Å². The lowest BCUT2D eigenvalue weighted by atomic mass is 10.00. The number of benzene rings is 2. The van der Waals surface area contributed by atoms with Crippen molar-refractivity contribution >= 4 is 22.0 Å². The van der Waals surface area contributed by atoms with E-state index in [-0.39, 0.29) is 17.3 Å². The van der Waals surface area contributed by atoms with Gasteiger partial charge in [-0.05, 0) is 53.5 Å². The van der Waals surface area contributed by atoms with Crippen LogP contribution in [-0.4, -0.2) is 25.8 Å². The van der Waals surface area contributed by atoms with Crippen molar-refractivity contribution in [1.82, 2.24) is 9.62 Å². The molecule has 0 atom stereocenters. The Balaban J connectivity index is 1.37. The number of rotatable bonds is 6. The fraction of sp³-hybridized carbons (Fsp3) is 0.174. The van der Waals surface area contributed by atoms with Crippen LogP contribution in [0.2, 0.25) is 0 Å². The molecule has 0 unspecified atom stereocenters. The van der Waals surface area contributed by atoms with Crippen LogP contribution in [0.25, 0.3) is 6.08 Å². The average molecular weight is 423 g/mol. The van der Waals surface area contributed by atoms with Crippen molar-refractivity contribution < 1.29 is 17.6 Å². The first-order chi connectivity index (χ1) is 14.5. The van der Waals surface area contributed by atoms with E-state index in [1.54, 1.807) is 30.3 Å². The first kappa shape index (κ1) is 20.1. The van der Waals surface area contributed by atoms with Crippen molar-refractivity contribution in [3.8, 4) is 0 Å². The van der Waals surface area contributed by atoms with Crippen molar-refractivity contribution in [3.05, 3.63) is 95.5 Å². The Bertz CT molecular complexity index is 1150. The molecule has 4 rings (SSSR count). The zero-order valence-electron chi connectivity index (χ0n) is 16.3. The van der Waals surface area contributed by atoms with Crippen LogP contribution in [0.15, 0.2) is 82.3 Å². The van der Waals surface area contributed by atoms with E-state index in [1.165, 1.54) is 35.6 Å². The number of nitrogens with zero attached hydrogens (tertiary/aromatic N) is 1. The van der Waals surface area contributed by atoms with E-state index in [1.807, 2.05) is 17.0 Å². The third-order valence-electron chi connectivity index (χ3n) is 5.07. The van der Waals surface area contributed by atoms with E-state index in [0.717, 1.165) is 12.0 Å². The number of furan rings is 1. The largest absolute Gasteiger partial charge is 0.468 e. The van der Waals surface area contributed by atoms with Crippen molar-refractivity contribution in [2.45, 2.75) is 24.4 Å². The molecule has 0 saturated carbocycles. The van der Waals surface area contributed by atoms with E-state index in [4.69, 9.17) is 4.42 Å². The molecular weight excluding hydrogens is 400 g/mol. The molecule has 154 valence electrons. The van der Waals surface area contributed by atoms with Gasteiger partial charge in [-0.15, -0.1) is 0 Å². The van der Waals surface area contributed by atoms with Crippen molar-refractivity contribution in [3.63, 3.8) is 0 Å². The third kappa shape index (κ3) is 4.69. The van der Waals surface area contributed by atoms with Crippen LogP contribution in [0.4, 0.5) is 0 Å². The smallest absolute Gasteiger partial charge is 0.246 e. The molecule has 0 aliphatic carbocycles. The molecule has 6 nitrogen and oxygen atoms in total. The van der Waals surface area contributed by atoms with E-state index in [9.17, 15) is 13.2 Å². The van der Waals surface area contributed by atoms with E-state index >= 15 is 0 Å². The van der Waals surface area contributed by atoms with Crippen LogP contribution in [0.5, 0.6) is 0 Å². The van der Waals surface area contributed by atoms with Gasteiger partial charge in [0.15, 0.2) is 0 Å². The highest BCUT2D eigenvalue weighted by molar-refractivity contribution is 7.89. The van der Waals surface area contributed by atoms with Gasteiger partial charge in [0.25, 0.3) is 0 Å². The van der Waals surface area contributed by atoms with Gasteiger partial charge in [0, 0.05) is 19.2 Å². The van der Waals surface area contributed by atoms with Gasteiger partial charge in [0.05, 0.1) is 17.7 Å². The Morgan fingerprint density at radius 3 is 2.53 bits per heavy atom. The molecule has 0 bridgehead atoms. The van der Waals surface area contributed by atoms with Gasteiger partial charge < -0.3 is 9.32 Å². The number of carbonyl (C=O) groups is 1. The van der Waals surface area contributed by atoms with Gasteiger partial charge in [0.2, 0.25) is 15.9 Å². The minimum absolute atomic E-state index is 0.0543. The molecule has 2 heterocycles. The SMILES string of the molecule is O=C(/C=C/c1ccc(S(=O)(=O)NCc2ccco2)cc1)N1CCc2ccccc2C1. The number of amides is 1. The number of carbonyl (C=O) groups excluding carboxylic acids is 1. The summed E-state index contributed by atoms with van der Waals surface area (Å²) < 4.78 is 32.4. The summed E-state index contributed by atoms with van der Waals surface area (Å²) in [5, 5.41) is 0. The predicted octanol–water partition coefficient (Wildman–Crippen LogP) is 3.36.